The zero-order valence-corrected chi connectivity index (χ0v) is 7.93. The lowest BCUT2D eigenvalue weighted by molar-refractivity contribution is -0.0512. The van der Waals surface area contributed by atoms with Crippen LogP contribution in [0.25, 0.3) is 11.5 Å². The molecule has 0 spiro atoms. The van der Waals surface area contributed by atoms with E-state index in [-0.39, 0.29) is 5.75 Å². The Hall–Kier alpha value is -2.11. The Labute approximate surface area is 89.1 Å². The highest BCUT2D eigenvalue weighted by molar-refractivity contribution is 5.59. The van der Waals surface area contributed by atoms with Crippen LogP contribution in [0.1, 0.15) is 0 Å². The van der Waals surface area contributed by atoms with Crippen LogP contribution >= 0.6 is 0 Å². The van der Waals surface area contributed by atoms with Gasteiger partial charge in [0.2, 0.25) is 5.89 Å². The molecule has 0 fully saturated rings. The molecule has 0 radical (unpaired) electrons. The van der Waals surface area contributed by atoms with Gasteiger partial charge in [-0.1, -0.05) is 0 Å². The Bertz CT molecular complexity index is 471. The second kappa shape index (κ2) is 4.18. The highest BCUT2D eigenvalue weighted by Crippen LogP contribution is 2.31. The molecule has 0 aliphatic carbocycles. The van der Waals surface area contributed by atoms with Crippen molar-refractivity contribution in [3.63, 3.8) is 0 Å². The van der Waals surface area contributed by atoms with Crippen LogP contribution in [0.5, 0.6) is 11.5 Å². The molecule has 2 aromatic rings. The van der Waals surface area contributed by atoms with Gasteiger partial charge in [0.1, 0.15) is 6.26 Å². The van der Waals surface area contributed by atoms with Crippen molar-refractivity contribution in [3.05, 3.63) is 30.7 Å². The summed E-state index contributed by atoms with van der Waals surface area (Å²) in [5.74, 6) is -0.389. The third kappa shape index (κ3) is 2.10. The number of ether oxygens (including phenoxy) is 1. The van der Waals surface area contributed by atoms with Crippen molar-refractivity contribution < 1.29 is 23.0 Å². The lowest BCUT2D eigenvalue weighted by Gasteiger charge is -2.06. The highest BCUT2D eigenvalue weighted by atomic mass is 19.3. The molecular weight excluding hydrogens is 220 g/mol. The average molecular weight is 227 g/mol. The second-order valence-electron chi connectivity index (χ2n) is 2.90. The summed E-state index contributed by atoms with van der Waals surface area (Å²) in [6.45, 7) is -2.97. The van der Waals surface area contributed by atoms with Gasteiger partial charge in [-0.25, -0.2) is 4.98 Å². The van der Waals surface area contributed by atoms with Crippen LogP contribution in [-0.4, -0.2) is 16.7 Å². The van der Waals surface area contributed by atoms with Crippen molar-refractivity contribution in [1.29, 1.82) is 0 Å². The molecule has 84 valence electrons. The molecule has 0 bridgehead atoms. The number of hydrogen-bond acceptors (Lipinski definition) is 4. The molecule has 1 aromatic heterocycles. The van der Waals surface area contributed by atoms with E-state index in [1.165, 1.54) is 30.7 Å². The Morgan fingerprint density at radius 1 is 1.38 bits per heavy atom. The number of rotatable bonds is 3. The molecule has 16 heavy (non-hydrogen) atoms. The van der Waals surface area contributed by atoms with Gasteiger partial charge in [0, 0.05) is 5.56 Å². The molecule has 6 heteroatoms. The lowest BCUT2D eigenvalue weighted by atomic mass is 10.2. The standard InChI is InChI=1S/C10H7F2NO3/c11-10(12)16-8-2-1-6(5-7(8)14)9-13-3-4-15-9/h1-5,10,14H. The van der Waals surface area contributed by atoms with E-state index in [2.05, 4.69) is 9.72 Å². The predicted octanol–water partition coefficient (Wildman–Crippen LogP) is 2.65. The first-order chi connectivity index (χ1) is 7.66. The fourth-order valence-electron chi connectivity index (χ4n) is 1.21. The van der Waals surface area contributed by atoms with E-state index in [4.69, 9.17) is 4.42 Å². The molecule has 0 amide bonds. The number of oxazole rings is 1. The summed E-state index contributed by atoms with van der Waals surface area (Å²) in [5.41, 5.74) is 0.476. The number of nitrogens with zero attached hydrogens (tertiary/aromatic N) is 1. The molecule has 1 aromatic carbocycles. The third-order valence-electron chi connectivity index (χ3n) is 1.85. The zero-order chi connectivity index (χ0) is 11.5. The van der Waals surface area contributed by atoms with Crippen molar-refractivity contribution in [1.82, 2.24) is 4.98 Å². The molecule has 4 nitrogen and oxygen atoms in total. The summed E-state index contributed by atoms with van der Waals surface area (Å²) in [7, 11) is 0. The number of aromatic nitrogens is 1. The van der Waals surface area contributed by atoms with Crippen LogP contribution in [0.15, 0.2) is 35.1 Å². The van der Waals surface area contributed by atoms with E-state index < -0.39 is 12.4 Å². The number of hydrogen-bond donors (Lipinski definition) is 1. The Kier molecular flexibility index (Phi) is 2.72. The fraction of sp³-hybridized carbons (Fsp3) is 0.100. The maximum absolute atomic E-state index is 11.9. The maximum Gasteiger partial charge on any atom is 0.387 e. The summed E-state index contributed by atoms with van der Waals surface area (Å²) < 4.78 is 32.9. The number of alkyl halides is 2. The van der Waals surface area contributed by atoms with Crippen molar-refractivity contribution in [3.8, 4) is 23.0 Å². The SMILES string of the molecule is Oc1cc(-c2ncco2)ccc1OC(F)F. The van der Waals surface area contributed by atoms with Gasteiger partial charge in [-0.3, -0.25) is 0 Å². The maximum atomic E-state index is 11.9. The molecule has 0 aliphatic rings. The zero-order valence-electron chi connectivity index (χ0n) is 7.93. The van der Waals surface area contributed by atoms with Crippen LogP contribution < -0.4 is 4.74 Å². The molecular formula is C10H7F2NO3. The summed E-state index contributed by atoms with van der Waals surface area (Å²) in [6.07, 6.45) is 2.81. The summed E-state index contributed by atoms with van der Waals surface area (Å²) >= 11 is 0. The van der Waals surface area contributed by atoms with Gasteiger partial charge >= 0.3 is 6.61 Å². The van der Waals surface area contributed by atoms with Crippen LogP contribution in [0.4, 0.5) is 8.78 Å². The predicted molar refractivity (Wildman–Crippen MR) is 50.2 cm³/mol. The van der Waals surface area contributed by atoms with Gasteiger partial charge in [0.15, 0.2) is 11.5 Å². The Balaban J connectivity index is 2.29. The van der Waals surface area contributed by atoms with Crippen molar-refractivity contribution >= 4 is 0 Å². The van der Waals surface area contributed by atoms with Gasteiger partial charge in [-0.05, 0) is 18.2 Å². The van der Waals surface area contributed by atoms with Gasteiger partial charge in [0.05, 0.1) is 6.20 Å². The lowest BCUT2D eigenvalue weighted by Crippen LogP contribution is -2.01. The van der Waals surface area contributed by atoms with Crippen LogP contribution in [0.2, 0.25) is 0 Å². The largest absolute Gasteiger partial charge is 0.504 e. The van der Waals surface area contributed by atoms with Crippen LogP contribution in [0, 0.1) is 0 Å². The van der Waals surface area contributed by atoms with Gasteiger partial charge in [-0.2, -0.15) is 8.78 Å². The quantitative estimate of drug-likeness (QED) is 0.875. The molecule has 0 unspecified atom stereocenters. The molecule has 0 aliphatic heterocycles. The van der Waals surface area contributed by atoms with Crippen molar-refractivity contribution in [2.75, 3.05) is 0 Å². The topological polar surface area (TPSA) is 55.5 Å². The smallest absolute Gasteiger partial charge is 0.387 e. The van der Waals surface area contributed by atoms with E-state index in [0.717, 1.165) is 0 Å². The number of phenols is 1. The van der Waals surface area contributed by atoms with Gasteiger partial charge in [-0.15, -0.1) is 0 Å². The molecule has 0 saturated heterocycles. The van der Waals surface area contributed by atoms with Crippen LogP contribution in [0.3, 0.4) is 0 Å². The number of benzene rings is 1. The minimum Gasteiger partial charge on any atom is -0.504 e. The van der Waals surface area contributed by atoms with Crippen molar-refractivity contribution in [2.45, 2.75) is 6.61 Å². The van der Waals surface area contributed by atoms with E-state index in [0.29, 0.717) is 11.5 Å². The fourth-order valence-corrected chi connectivity index (χ4v) is 1.21. The molecule has 2 rings (SSSR count). The van der Waals surface area contributed by atoms with Gasteiger partial charge in [0.25, 0.3) is 0 Å². The second-order valence-corrected chi connectivity index (χ2v) is 2.90. The highest BCUT2D eigenvalue weighted by Gasteiger charge is 2.11. The monoisotopic (exact) mass is 227 g/mol. The molecule has 0 saturated carbocycles. The Morgan fingerprint density at radius 3 is 2.75 bits per heavy atom. The first-order valence-corrected chi connectivity index (χ1v) is 4.34. The number of aromatic hydroxyl groups is 1. The number of halogens is 2. The summed E-state index contributed by atoms with van der Waals surface area (Å²) in [5, 5.41) is 9.41. The van der Waals surface area contributed by atoms with Crippen LogP contribution in [-0.2, 0) is 0 Å². The Morgan fingerprint density at radius 2 is 2.19 bits per heavy atom. The van der Waals surface area contributed by atoms with E-state index in [1.54, 1.807) is 0 Å². The van der Waals surface area contributed by atoms with Gasteiger partial charge < -0.3 is 14.3 Å². The first kappa shape index (κ1) is 10.4. The summed E-state index contributed by atoms with van der Waals surface area (Å²) in [6, 6.07) is 3.92. The third-order valence-corrected chi connectivity index (χ3v) is 1.85. The minimum atomic E-state index is -2.97. The van der Waals surface area contributed by atoms with E-state index >= 15 is 0 Å². The van der Waals surface area contributed by atoms with Crippen molar-refractivity contribution in [2.24, 2.45) is 0 Å². The number of phenolic OH excluding ortho intramolecular Hbond substituents is 1. The summed E-state index contributed by atoms with van der Waals surface area (Å²) in [4.78, 5) is 3.85. The average Bonchev–Trinajstić information content (AvgIpc) is 2.73. The normalized spacial score (nSPS) is 10.7. The molecule has 1 heterocycles. The van der Waals surface area contributed by atoms with E-state index in [1.807, 2.05) is 0 Å². The molecule has 1 N–H and O–H groups in total. The van der Waals surface area contributed by atoms with E-state index in [9.17, 15) is 13.9 Å². The molecule has 0 atom stereocenters. The first-order valence-electron chi connectivity index (χ1n) is 4.34. The minimum absolute atomic E-state index is 0.287.